The largest absolute Gasteiger partial charge is 0.497 e. The predicted octanol–water partition coefficient (Wildman–Crippen LogP) is 5.50. The van der Waals surface area contributed by atoms with Gasteiger partial charge in [0.1, 0.15) is 11.6 Å². The van der Waals surface area contributed by atoms with Crippen molar-refractivity contribution < 1.29 is 4.74 Å². The summed E-state index contributed by atoms with van der Waals surface area (Å²) in [6.07, 6.45) is 0.763. The van der Waals surface area contributed by atoms with E-state index in [0.29, 0.717) is 5.39 Å². The van der Waals surface area contributed by atoms with Crippen molar-refractivity contribution in [3.8, 4) is 11.4 Å². The summed E-state index contributed by atoms with van der Waals surface area (Å²) < 4.78 is 7.84. The van der Waals surface area contributed by atoms with Gasteiger partial charge in [-0.3, -0.25) is 9.36 Å². The number of para-hydroxylation sites is 2. The maximum Gasteiger partial charge on any atom is 0.266 e. The second kappa shape index (κ2) is 8.21. The van der Waals surface area contributed by atoms with Crippen LogP contribution in [0.4, 0.5) is 0 Å². The quantitative estimate of drug-likeness (QED) is 0.404. The van der Waals surface area contributed by atoms with E-state index < -0.39 is 0 Å². The van der Waals surface area contributed by atoms with Gasteiger partial charge in [-0.05, 0) is 64.3 Å². The summed E-state index contributed by atoms with van der Waals surface area (Å²) in [4.78, 5) is 18.3. The van der Waals surface area contributed by atoms with Crippen LogP contribution in [-0.2, 0) is 6.42 Å². The van der Waals surface area contributed by atoms with Crippen molar-refractivity contribution in [1.82, 2.24) is 9.55 Å². The van der Waals surface area contributed by atoms with Crippen LogP contribution >= 0.6 is 15.9 Å². The Bertz CT molecular complexity index is 1220. The lowest BCUT2D eigenvalue weighted by molar-refractivity contribution is 0.414. The molecule has 0 bridgehead atoms. The summed E-state index contributed by atoms with van der Waals surface area (Å²) in [6, 6.07) is 23.3. The summed E-state index contributed by atoms with van der Waals surface area (Å²) in [7, 11) is 1.66. The third-order valence-electron chi connectivity index (χ3n) is 5.04. The number of hydrogen-bond donors (Lipinski definition) is 0. The average Bonchev–Trinajstić information content (AvgIpc) is 2.75. The van der Waals surface area contributed by atoms with Crippen LogP contribution < -0.4 is 10.3 Å². The highest BCUT2D eigenvalue weighted by atomic mass is 79.9. The van der Waals surface area contributed by atoms with Crippen LogP contribution in [0.25, 0.3) is 16.6 Å². The minimum atomic E-state index is -0.0564. The van der Waals surface area contributed by atoms with Crippen LogP contribution in [0.3, 0.4) is 0 Å². The molecule has 0 radical (unpaired) electrons. The van der Waals surface area contributed by atoms with Gasteiger partial charge in [0, 0.05) is 10.4 Å². The Morgan fingerprint density at radius 1 is 1.00 bits per heavy atom. The lowest BCUT2D eigenvalue weighted by Crippen LogP contribution is -2.26. The minimum Gasteiger partial charge on any atom is -0.497 e. The fourth-order valence-electron chi connectivity index (χ4n) is 3.55. The number of methoxy groups -OCH3 is 1. The number of aromatic nitrogens is 2. The highest BCUT2D eigenvalue weighted by Gasteiger charge is 2.19. The van der Waals surface area contributed by atoms with Gasteiger partial charge < -0.3 is 4.74 Å². The zero-order valence-corrected chi connectivity index (χ0v) is 17.9. The first-order valence-electron chi connectivity index (χ1n) is 9.48. The first-order valence-corrected chi connectivity index (χ1v) is 10.3. The van der Waals surface area contributed by atoms with Gasteiger partial charge in [0.15, 0.2) is 0 Å². The Balaban J connectivity index is 1.86. The van der Waals surface area contributed by atoms with Crippen molar-refractivity contribution in [2.24, 2.45) is 0 Å². The molecule has 0 aliphatic heterocycles. The molecule has 0 saturated heterocycles. The molecule has 146 valence electrons. The highest BCUT2D eigenvalue weighted by molar-refractivity contribution is 9.10. The molecule has 0 fully saturated rings. The van der Waals surface area contributed by atoms with Crippen molar-refractivity contribution in [3.05, 3.63) is 99.0 Å². The molecule has 4 nitrogen and oxygen atoms in total. The Morgan fingerprint density at radius 3 is 2.41 bits per heavy atom. The first kappa shape index (κ1) is 19.4. The van der Waals surface area contributed by atoms with Crippen LogP contribution in [0.5, 0.6) is 5.75 Å². The molecule has 4 aromatic rings. The fourth-order valence-corrected chi connectivity index (χ4v) is 4.01. The molecule has 1 aromatic heterocycles. The molecule has 1 atom stereocenters. The van der Waals surface area contributed by atoms with E-state index in [1.165, 1.54) is 5.56 Å². The molecule has 5 heteroatoms. The van der Waals surface area contributed by atoms with Gasteiger partial charge in [0.2, 0.25) is 0 Å². The van der Waals surface area contributed by atoms with Gasteiger partial charge in [-0.15, -0.1) is 0 Å². The van der Waals surface area contributed by atoms with E-state index in [9.17, 15) is 4.79 Å². The van der Waals surface area contributed by atoms with Crippen LogP contribution in [0.2, 0.25) is 0 Å². The van der Waals surface area contributed by atoms with Crippen LogP contribution in [0.15, 0.2) is 82.1 Å². The summed E-state index contributed by atoms with van der Waals surface area (Å²) in [6.45, 7) is 2.11. The minimum absolute atomic E-state index is 0.0350. The number of rotatable bonds is 5. The number of fused-ring (bicyclic) bond motifs is 1. The maximum atomic E-state index is 13.4. The Labute approximate surface area is 177 Å². The SMILES string of the molecule is COc1ccc(C[C@H](C)c2nc3ccccc3c(=O)n2-c2ccccc2Br)cc1. The molecule has 0 aliphatic carbocycles. The van der Waals surface area contributed by atoms with Crippen molar-refractivity contribution >= 4 is 26.8 Å². The molecule has 0 spiro atoms. The lowest BCUT2D eigenvalue weighted by atomic mass is 9.99. The second-order valence-corrected chi connectivity index (χ2v) is 7.89. The number of halogens is 1. The summed E-state index contributed by atoms with van der Waals surface area (Å²) in [5.41, 5.74) is 2.63. The third kappa shape index (κ3) is 3.83. The van der Waals surface area contributed by atoms with E-state index in [0.717, 1.165) is 33.7 Å². The fraction of sp³-hybridized carbons (Fsp3) is 0.167. The molecule has 0 unspecified atom stereocenters. The lowest BCUT2D eigenvalue weighted by Gasteiger charge is -2.19. The van der Waals surface area contributed by atoms with Crippen LogP contribution in [0.1, 0.15) is 24.2 Å². The topological polar surface area (TPSA) is 44.1 Å². The molecule has 1 heterocycles. The maximum absolute atomic E-state index is 13.4. The van der Waals surface area contributed by atoms with E-state index in [1.807, 2.05) is 60.7 Å². The molecule has 0 amide bonds. The third-order valence-corrected chi connectivity index (χ3v) is 5.71. The molecule has 3 aromatic carbocycles. The monoisotopic (exact) mass is 448 g/mol. The number of ether oxygens (including phenoxy) is 1. The highest BCUT2D eigenvalue weighted by Crippen LogP contribution is 2.27. The normalized spacial score (nSPS) is 12.1. The van der Waals surface area contributed by atoms with E-state index >= 15 is 0 Å². The molecule has 0 N–H and O–H groups in total. The van der Waals surface area contributed by atoms with E-state index in [1.54, 1.807) is 11.7 Å². The Kier molecular flexibility index (Phi) is 5.49. The number of hydrogen-bond acceptors (Lipinski definition) is 3. The van der Waals surface area contributed by atoms with Gasteiger partial charge in [-0.25, -0.2) is 4.98 Å². The number of nitrogens with zero attached hydrogens (tertiary/aromatic N) is 2. The zero-order chi connectivity index (χ0) is 20.4. The smallest absolute Gasteiger partial charge is 0.266 e. The van der Waals surface area contributed by atoms with Gasteiger partial charge in [-0.1, -0.05) is 43.3 Å². The summed E-state index contributed by atoms with van der Waals surface area (Å²) >= 11 is 3.60. The zero-order valence-electron chi connectivity index (χ0n) is 16.3. The molecular formula is C24H21BrN2O2. The van der Waals surface area contributed by atoms with E-state index in [-0.39, 0.29) is 11.5 Å². The molecule has 0 saturated carbocycles. The number of benzene rings is 3. The Hall–Kier alpha value is -2.92. The van der Waals surface area contributed by atoms with Gasteiger partial charge in [-0.2, -0.15) is 0 Å². The molecule has 0 aliphatic rings. The van der Waals surface area contributed by atoms with Gasteiger partial charge in [0.25, 0.3) is 5.56 Å². The van der Waals surface area contributed by atoms with Gasteiger partial charge >= 0.3 is 0 Å². The van der Waals surface area contributed by atoms with Crippen molar-refractivity contribution in [3.63, 3.8) is 0 Å². The first-order chi connectivity index (χ1) is 14.1. The standard InChI is InChI=1S/C24H21BrN2O2/c1-16(15-17-11-13-18(29-2)14-12-17)23-26-21-9-5-3-7-19(21)24(28)27(23)22-10-6-4-8-20(22)25/h3-14,16H,15H2,1-2H3/t16-/m0/s1. The molecule has 29 heavy (non-hydrogen) atoms. The molecule has 4 rings (SSSR count). The van der Waals surface area contributed by atoms with Crippen LogP contribution in [0, 0.1) is 0 Å². The molecular weight excluding hydrogens is 428 g/mol. The Morgan fingerprint density at radius 2 is 1.69 bits per heavy atom. The summed E-state index contributed by atoms with van der Waals surface area (Å²) in [5, 5.41) is 0.614. The van der Waals surface area contributed by atoms with E-state index in [2.05, 4.69) is 35.0 Å². The van der Waals surface area contributed by atoms with Crippen molar-refractivity contribution in [1.29, 1.82) is 0 Å². The van der Waals surface area contributed by atoms with Crippen molar-refractivity contribution in [2.75, 3.05) is 7.11 Å². The van der Waals surface area contributed by atoms with Crippen LogP contribution in [-0.4, -0.2) is 16.7 Å². The van der Waals surface area contributed by atoms with E-state index in [4.69, 9.17) is 9.72 Å². The van der Waals surface area contributed by atoms with Gasteiger partial charge in [0.05, 0.1) is 23.7 Å². The van der Waals surface area contributed by atoms with Crippen molar-refractivity contribution in [2.45, 2.75) is 19.3 Å². The predicted molar refractivity (Wildman–Crippen MR) is 120 cm³/mol. The second-order valence-electron chi connectivity index (χ2n) is 7.03. The summed E-state index contributed by atoms with van der Waals surface area (Å²) in [5.74, 6) is 1.61. The average molecular weight is 449 g/mol.